The molecule has 7 nitrogen and oxygen atoms in total. The molecule has 2 rings (SSSR count). The summed E-state index contributed by atoms with van der Waals surface area (Å²) < 4.78 is 5.04. The zero-order valence-electron chi connectivity index (χ0n) is 11.6. The Morgan fingerprint density at radius 3 is 2.52 bits per heavy atom. The zero-order chi connectivity index (χ0) is 15.4. The lowest BCUT2D eigenvalue weighted by Gasteiger charge is -2.24. The number of nitriles is 1. The maximum absolute atomic E-state index is 11.8. The van der Waals surface area contributed by atoms with E-state index in [1.807, 2.05) is 0 Å². The van der Waals surface area contributed by atoms with Gasteiger partial charge in [0.1, 0.15) is 23.4 Å². The van der Waals surface area contributed by atoms with Gasteiger partial charge < -0.3 is 10.2 Å². The lowest BCUT2D eigenvalue weighted by Crippen LogP contribution is -2.53. The maximum Gasteiger partial charge on any atom is 0.268 e. The molecule has 1 aromatic carbocycles. The monoisotopic (exact) mass is 286 g/mol. The molecule has 0 bridgehead atoms. The van der Waals surface area contributed by atoms with Crippen LogP contribution in [0.3, 0.4) is 0 Å². The highest BCUT2D eigenvalue weighted by Crippen LogP contribution is 2.16. The van der Waals surface area contributed by atoms with Crippen molar-refractivity contribution in [1.82, 2.24) is 10.7 Å². The molecule has 21 heavy (non-hydrogen) atoms. The summed E-state index contributed by atoms with van der Waals surface area (Å²) in [5.74, 6) is -0.454. The van der Waals surface area contributed by atoms with Crippen LogP contribution in [-0.2, 0) is 9.59 Å². The molecule has 0 aromatic heterocycles. The van der Waals surface area contributed by atoms with Crippen LogP contribution in [0, 0.1) is 11.3 Å². The highest BCUT2D eigenvalue weighted by atomic mass is 16.5. The van der Waals surface area contributed by atoms with Crippen molar-refractivity contribution in [2.24, 2.45) is 0 Å². The van der Waals surface area contributed by atoms with Gasteiger partial charge in [-0.1, -0.05) is 0 Å². The van der Waals surface area contributed by atoms with Crippen molar-refractivity contribution < 1.29 is 14.3 Å². The summed E-state index contributed by atoms with van der Waals surface area (Å²) in [4.78, 5) is 23.3. The maximum atomic E-state index is 11.8. The summed E-state index contributed by atoms with van der Waals surface area (Å²) in [6, 6.07) is 8.06. The summed E-state index contributed by atoms with van der Waals surface area (Å²) in [6.45, 7) is 1.57. The second-order valence-electron chi connectivity index (χ2n) is 4.42. The van der Waals surface area contributed by atoms with Gasteiger partial charge in [0, 0.05) is 5.69 Å². The number of amides is 2. The van der Waals surface area contributed by atoms with Crippen LogP contribution in [0.15, 0.2) is 35.4 Å². The smallest absolute Gasteiger partial charge is 0.268 e. The molecule has 0 spiro atoms. The minimum absolute atomic E-state index is 0.0522. The summed E-state index contributed by atoms with van der Waals surface area (Å²) in [6.07, 6.45) is 0. The number of benzene rings is 1. The highest BCUT2D eigenvalue weighted by molar-refractivity contribution is 6.12. The molecule has 7 heteroatoms. The molecule has 0 fully saturated rings. The molecular formula is C14H14N4O3. The third-order valence-corrected chi connectivity index (χ3v) is 3.12. The van der Waals surface area contributed by atoms with E-state index in [-0.39, 0.29) is 5.57 Å². The Kier molecular flexibility index (Phi) is 4.21. The largest absolute Gasteiger partial charge is 0.497 e. The van der Waals surface area contributed by atoms with Crippen molar-refractivity contribution in [3.05, 3.63) is 35.4 Å². The van der Waals surface area contributed by atoms with E-state index in [0.717, 1.165) is 0 Å². The molecule has 0 saturated heterocycles. The molecule has 3 N–H and O–H groups in total. The molecule has 1 aromatic rings. The van der Waals surface area contributed by atoms with Gasteiger partial charge in [-0.15, -0.1) is 0 Å². The fraction of sp³-hybridized carbons (Fsp3) is 0.214. The molecule has 2 amide bonds. The van der Waals surface area contributed by atoms with E-state index in [0.29, 0.717) is 17.0 Å². The number of hydrogen-bond donors (Lipinski definition) is 3. The Morgan fingerprint density at radius 1 is 1.29 bits per heavy atom. The molecule has 108 valence electrons. The average Bonchev–Trinajstić information content (AvgIpc) is 2.47. The Hall–Kier alpha value is -2.85. The molecular weight excluding hydrogens is 272 g/mol. The Bertz CT molecular complexity index is 643. The van der Waals surface area contributed by atoms with E-state index in [4.69, 9.17) is 10.00 Å². The number of carbonyl (C=O) groups is 2. The first kappa shape index (κ1) is 14.6. The lowest BCUT2D eigenvalue weighted by molar-refractivity contribution is -0.130. The van der Waals surface area contributed by atoms with Crippen molar-refractivity contribution in [3.63, 3.8) is 0 Å². The molecule has 1 aliphatic rings. The van der Waals surface area contributed by atoms with Crippen LogP contribution in [-0.4, -0.2) is 25.0 Å². The number of nitrogens with one attached hydrogen (secondary N) is 3. The number of ether oxygens (including phenoxy) is 1. The summed E-state index contributed by atoms with van der Waals surface area (Å²) in [7, 11) is 1.57. The van der Waals surface area contributed by atoms with Crippen LogP contribution in [0.4, 0.5) is 5.69 Å². The van der Waals surface area contributed by atoms with Crippen LogP contribution >= 0.6 is 0 Å². The molecule has 1 heterocycles. The first-order valence-electron chi connectivity index (χ1n) is 6.18. The van der Waals surface area contributed by atoms with Crippen molar-refractivity contribution in [1.29, 1.82) is 5.26 Å². The molecule has 1 atom stereocenters. The first-order chi connectivity index (χ1) is 10.1. The number of imide groups is 1. The zero-order valence-corrected chi connectivity index (χ0v) is 11.6. The van der Waals surface area contributed by atoms with Gasteiger partial charge in [0.15, 0.2) is 0 Å². The van der Waals surface area contributed by atoms with Gasteiger partial charge in [0.05, 0.1) is 7.11 Å². The number of hydrazine groups is 1. The van der Waals surface area contributed by atoms with Gasteiger partial charge in [-0.2, -0.15) is 5.26 Å². The van der Waals surface area contributed by atoms with Gasteiger partial charge >= 0.3 is 0 Å². The summed E-state index contributed by atoms with van der Waals surface area (Å²) in [5.41, 5.74) is 6.70. The number of hydrogen-bond acceptors (Lipinski definition) is 6. The molecule has 0 radical (unpaired) electrons. The van der Waals surface area contributed by atoms with Crippen LogP contribution in [0.1, 0.15) is 6.92 Å². The second kappa shape index (κ2) is 6.07. The fourth-order valence-corrected chi connectivity index (χ4v) is 1.91. The van der Waals surface area contributed by atoms with E-state index in [9.17, 15) is 9.59 Å². The van der Waals surface area contributed by atoms with Crippen molar-refractivity contribution >= 4 is 17.5 Å². The molecule has 0 saturated carbocycles. The SMILES string of the molecule is COc1ccc(NNC2C(=O)NC(=O)C(C#N)=C2C)cc1. The molecule has 0 aliphatic carbocycles. The first-order valence-corrected chi connectivity index (χ1v) is 6.18. The molecule has 1 unspecified atom stereocenters. The van der Waals surface area contributed by atoms with E-state index in [1.165, 1.54) is 0 Å². The Morgan fingerprint density at radius 2 is 1.95 bits per heavy atom. The number of rotatable bonds is 4. The third-order valence-electron chi connectivity index (χ3n) is 3.12. The van der Waals surface area contributed by atoms with E-state index < -0.39 is 17.9 Å². The summed E-state index contributed by atoms with van der Waals surface area (Å²) in [5, 5.41) is 11.1. The number of anilines is 1. The topological polar surface area (TPSA) is 103 Å². The lowest BCUT2D eigenvalue weighted by atomic mass is 9.98. The highest BCUT2D eigenvalue weighted by Gasteiger charge is 2.32. The number of carbonyl (C=O) groups excluding carboxylic acids is 2. The van der Waals surface area contributed by atoms with Crippen molar-refractivity contribution in [2.45, 2.75) is 13.0 Å². The van der Waals surface area contributed by atoms with Crippen LogP contribution in [0.25, 0.3) is 0 Å². The molecule has 1 aliphatic heterocycles. The van der Waals surface area contributed by atoms with E-state index in [1.54, 1.807) is 44.4 Å². The average molecular weight is 286 g/mol. The Balaban J connectivity index is 2.11. The third kappa shape index (κ3) is 3.01. The number of methoxy groups -OCH3 is 1. The van der Waals surface area contributed by atoms with E-state index >= 15 is 0 Å². The van der Waals surface area contributed by atoms with Crippen LogP contribution < -0.4 is 20.9 Å². The summed E-state index contributed by atoms with van der Waals surface area (Å²) >= 11 is 0. The van der Waals surface area contributed by atoms with Gasteiger partial charge in [-0.05, 0) is 36.8 Å². The van der Waals surface area contributed by atoms with Gasteiger partial charge in [0.2, 0.25) is 5.91 Å². The fourth-order valence-electron chi connectivity index (χ4n) is 1.91. The van der Waals surface area contributed by atoms with Gasteiger partial charge in [-0.3, -0.25) is 14.9 Å². The minimum Gasteiger partial charge on any atom is -0.497 e. The predicted molar refractivity (Wildman–Crippen MR) is 75.0 cm³/mol. The van der Waals surface area contributed by atoms with Gasteiger partial charge in [0.25, 0.3) is 5.91 Å². The van der Waals surface area contributed by atoms with Crippen LogP contribution in [0.2, 0.25) is 0 Å². The normalized spacial score (nSPS) is 18.0. The standard InChI is InChI=1S/C14H14N4O3/c1-8-11(7-15)13(19)16-14(20)12(8)18-17-9-3-5-10(21-2)6-4-9/h3-6,12,17-18H,1-2H3,(H,16,19,20). The second-order valence-corrected chi connectivity index (χ2v) is 4.42. The quantitative estimate of drug-likeness (QED) is 0.549. The number of nitrogens with zero attached hydrogens (tertiary/aromatic N) is 1. The predicted octanol–water partition coefficient (Wildman–Crippen LogP) is 0.477. The van der Waals surface area contributed by atoms with Crippen LogP contribution in [0.5, 0.6) is 5.75 Å². The van der Waals surface area contributed by atoms with Gasteiger partial charge in [-0.25, -0.2) is 5.43 Å². The van der Waals surface area contributed by atoms with Crippen molar-refractivity contribution in [2.75, 3.05) is 12.5 Å². The Labute approximate surface area is 121 Å². The van der Waals surface area contributed by atoms with E-state index in [2.05, 4.69) is 16.2 Å². The van der Waals surface area contributed by atoms with Crippen molar-refractivity contribution in [3.8, 4) is 11.8 Å². The minimum atomic E-state index is -0.792.